The third-order valence-corrected chi connectivity index (χ3v) is 4.53. The van der Waals surface area contributed by atoms with Crippen molar-refractivity contribution in [3.63, 3.8) is 0 Å². The highest BCUT2D eigenvalue weighted by molar-refractivity contribution is 5.87. The van der Waals surface area contributed by atoms with E-state index in [0.717, 1.165) is 25.2 Å². The van der Waals surface area contributed by atoms with E-state index in [1.807, 2.05) is 29.2 Å². The molecule has 0 aliphatic carbocycles. The highest BCUT2D eigenvalue weighted by atomic mass is 16.5. The molecule has 1 fully saturated rings. The van der Waals surface area contributed by atoms with Crippen molar-refractivity contribution in [2.75, 3.05) is 32.9 Å². The number of amides is 1. The normalized spacial score (nSPS) is 15.7. The van der Waals surface area contributed by atoms with Crippen LogP contribution in [0.3, 0.4) is 0 Å². The number of morpholine rings is 1. The molecule has 26 heavy (non-hydrogen) atoms. The molecule has 0 saturated carbocycles. The molecule has 1 aromatic carbocycles. The van der Waals surface area contributed by atoms with Gasteiger partial charge in [-0.05, 0) is 24.1 Å². The molecule has 0 aromatic heterocycles. The van der Waals surface area contributed by atoms with Gasteiger partial charge in [0.2, 0.25) is 5.91 Å². The molecule has 0 unspecified atom stereocenters. The first kappa shape index (κ1) is 20.2. The smallest absolute Gasteiger partial charge is 0.246 e. The second kappa shape index (κ2) is 10.2. The fraction of sp³-hybridized carbons (Fsp3) is 0.500. The lowest BCUT2D eigenvalue weighted by Gasteiger charge is -2.25. The van der Waals surface area contributed by atoms with Gasteiger partial charge in [0.15, 0.2) is 0 Å². The molecule has 142 valence electrons. The molecule has 0 radical (unpaired) electrons. The molecule has 4 heteroatoms. The van der Waals surface area contributed by atoms with E-state index in [-0.39, 0.29) is 11.3 Å². The van der Waals surface area contributed by atoms with Gasteiger partial charge in [-0.2, -0.15) is 0 Å². The van der Waals surface area contributed by atoms with Crippen LogP contribution in [0.15, 0.2) is 48.6 Å². The Labute approximate surface area is 157 Å². The molecule has 4 nitrogen and oxygen atoms in total. The van der Waals surface area contributed by atoms with Crippen molar-refractivity contribution in [2.45, 2.75) is 39.0 Å². The summed E-state index contributed by atoms with van der Waals surface area (Å²) in [6, 6.07) is 8.24. The van der Waals surface area contributed by atoms with E-state index in [9.17, 15) is 4.79 Å². The van der Waals surface area contributed by atoms with Gasteiger partial charge >= 0.3 is 0 Å². The molecule has 0 bridgehead atoms. The van der Waals surface area contributed by atoms with Crippen molar-refractivity contribution in [3.8, 4) is 5.75 Å². The lowest BCUT2D eigenvalue weighted by atomic mass is 9.84. The van der Waals surface area contributed by atoms with Crippen LogP contribution in [0.25, 0.3) is 0 Å². The molecule has 0 spiro atoms. The molecule has 1 heterocycles. The Balaban J connectivity index is 1.94. The van der Waals surface area contributed by atoms with Gasteiger partial charge in [0.1, 0.15) is 5.75 Å². The lowest BCUT2D eigenvalue weighted by Crippen LogP contribution is -2.39. The highest BCUT2D eigenvalue weighted by Gasteiger charge is 2.17. The summed E-state index contributed by atoms with van der Waals surface area (Å²) >= 11 is 0. The van der Waals surface area contributed by atoms with E-state index >= 15 is 0 Å². The molecule has 1 aromatic rings. The van der Waals surface area contributed by atoms with Crippen LogP contribution in [0.2, 0.25) is 0 Å². The third kappa shape index (κ3) is 6.34. The average molecular weight is 357 g/mol. The Morgan fingerprint density at radius 2 is 2.04 bits per heavy atom. The van der Waals surface area contributed by atoms with Crippen molar-refractivity contribution in [1.29, 1.82) is 0 Å². The zero-order chi connectivity index (χ0) is 18.8. The molecular formula is C22H31NO3. The molecule has 1 aliphatic rings. The Bertz CT molecular complexity index is 628. The fourth-order valence-electron chi connectivity index (χ4n) is 2.74. The summed E-state index contributed by atoms with van der Waals surface area (Å²) in [5.41, 5.74) is 1.05. The Morgan fingerprint density at radius 3 is 2.77 bits per heavy atom. The lowest BCUT2D eigenvalue weighted by molar-refractivity contribution is -0.129. The van der Waals surface area contributed by atoms with Gasteiger partial charge in [-0.25, -0.2) is 0 Å². The zero-order valence-electron chi connectivity index (χ0n) is 16.2. The molecule has 1 aliphatic heterocycles. The SMILES string of the molecule is CCCCOc1cccc(C(C)(C)/C=C/C=C/C(=O)N2CCOCC2)c1. The summed E-state index contributed by atoms with van der Waals surface area (Å²) in [7, 11) is 0. The average Bonchev–Trinajstić information content (AvgIpc) is 2.66. The minimum Gasteiger partial charge on any atom is -0.494 e. The first-order chi connectivity index (χ1) is 12.5. The summed E-state index contributed by atoms with van der Waals surface area (Å²) in [5.74, 6) is 0.956. The number of benzene rings is 1. The first-order valence-electron chi connectivity index (χ1n) is 9.49. The number of unbranched alkanes of at least 4 members (excludes halogenated alkanes) is 1. The molecule has 1 amide bonds. The van der Waals surface area contributed by atoms with Crippen molar-refractivity contribution >= 4 is 5.91 Å². The van der Waals surface area contributed by atoms with Gasteiger partial charge in [0.25, 0.3) is 0 Å². The Hall–Kier alpha value is -2.07. The van der Waals surface area contributed by atoms with Crippen molar-refractivity contribution < 1.29 is 14.3 Å². The van der Waals surface area contributed by atoms with Gasteiger partial charge in [0, 0.05) is 24.6 Å². The number of hydrogen-bond acceptors (Lipinski definition) is 3. The Kier molecular flexibility index (Phi) is 7.92. The van der Waals surface area contributed by atoms with Gasteiger partial charge in [-0.15, -0.1) is 0 Å². The zero-order valence-corrected chi connectivity index (χ0v) is 16.2. The van der Waals surface area contributed by atoms with Crippen molar-refractivity contribution in [2.24, 2.45) is 0 Å². The number of carbonyl (C=O) groups is 1. The maximum Gasteiger partial charge on any atom is 0.246 e. The number of ether oxygens (including phenoxy) is 2. The first-order valence-corrected chi connectivity index (χ1v) is 9.49. The molecular weight excluding hydrogens is 326 g/mol. The number of nitrogens with zero attached hydrogens (tertiary/aromatic N) is 1. The van der Waals surface area contributed by atoms with E-state index in [1.165, 1.54) is 5.56 Å². The van der Waals surface area contributed by atoms with Gasteiger partial charge in [-0.3, -0.25) is 4.79 Å². The second-order valence-corrected chi connectivity index (χ2v) is 7.11. The van der Waals surface area contributed by atoms with Crippen LogP contribution in [-0.4, -0.2) is 43.7 Å². The largest absolute Gasteiger partial charge is 0.494 e. The second-order valence-electron chi connectivity index (χ2n) is 7.11. The van der Waals surface area contributed by atoms with Crippen LogP contribution in [-0.2, 0) is 14.9 Å². The third-order valence-electron chi connectivity index (χ3n) is 4.53. The van der Waals surface area contributed by atoms with Gasteiger partial charge in [0.05, 0.1) is 19.8 Å². The van der Waals surface area contributed by atoms with Crippen LogP contribution in [0, 0.1) is 0 Å². The topological polar surface area (TPSA) is 38.8 Å². The van der Waals surface area contributed by atoms with Crippen molar-refractivity contribution in [1.82, 2.24) is 4.90 Å². The van der Waals surface area contributed by atoms with Crippen LogP contribution in [0.1, 0.15) is 39.2 Å². The predicted octanol–water partition coefficient (Wildman–Crippen LogP) is 4.11. The highest BCUT2D eigenvalue weighted by Crippen LogP contribution is 2.28. The minimum atomic E-state index is -0.142. The monoisotopic (exact) mass is 357 g/mol. The van der Waals surface area contributed by atoms with E-state index in [4.69, 9.17) is 9.47 Å². The minimum absolute atomic E-state index is 0.0436. The molecule has 2 rings (SSSR count). The van der Waals surface area contributed by atoms with Crippen LogP contribution < -0.4 is 4.74 Å². The van der Waals surface area contributed by atoms with Crippen molar-refractivity contribution in [3.05, 3.63) is 54.1 Å². The number of carbonyl (C=O) groups excluding carboxylic acids is 1. The summed E-state index contributed by atoms with van der Waals surface area (Å²) in [6.07, 6.45) is 9.70. The summed E-state index contributed by atoms with van der Waals surface area (Å²) in [4.78, 5) is 13.9. The Morgan fingerprint density at radius 1 is 1.27 bits per heavy atom. The van der Waals surface area contributed by atoms with E-state index < -0.39 is 0 Å². The van der Waals surface area contributed by atoms with Gasteiger partial charge < -0.3 is 14.4 Å². The molecule has 0 atom stereocenters. The van der Waals surface area contributed by atoms with Crippen LogP contribution in [0.5, 0.6) is 5.75 Å². The van der Waals surface area contributed by atoms with E-state index in [0.29, 0.717) is 26.3 Å². The number of allylic oxidation sites excluding steroid dienone is 3. The van der Waals surface area contributed by atoms with Gasteiger partial charge in [-0.1, -0.05) is 57.6 Å². The molecule has 0 N–H and O–H groups in total. The maximum atomic E-state index is 12.1. The number of hydrogen-bond donors (Lipinski definition) is 0. The molecule has 1 saturated heterocycles. The van der Waals surface area contributed by atoms with Crippen LogP contribution >= 0.6 is 0 Å². The standard InChI is InChI=1S/C22H31NO3/c1-4-5-15-26-20-10-8-9-19(18-20)22(2,3)12-7-6-11-21(24)23-13-16-25-17-14-23/h6-12,18H,4-5,13-17H2,1-3H3/b11-6+,12-7+. The maximum absolute atomic E-state index is 12.1. The summed E-state index contributed by atoms with van der Waals surface area (Å²) in [5, 5.41) is 0. The summed E-state index contributed by atoms with van der Waals surface area (Å²) in [6.45, 7) is 9.82. The number of rotatable bonds is 8. The van der Waals surface area contributed by atoms with E-state index in [1.54, 1.807) is 6.08 Å². The van der Waals surface area contributed by atoms with E-state index in [2.05, 4.69) is 39.0 Å². The summed E-state index contributed by atoms with van der Waals surface area (Å²) < 4.78 is 11.1. The predicted molar refractivity (Wildman–Crippen MR) is 106 cm³/mol. The van der Waals surface area contributed by atoms with Crippen LogP contribution in [0.4, 0.5) is 0 Å². The fourth-order valence-corrected chi connectivity index (χ4v) is 2.74. The quantitative estimate of drug-likeness (QED) is 0.399.